The van der Waals surface area contributed by atoms with Crippen molar-refractivity contribution in [3.05, 3.63) is 70.3 Å². The summed E-state index contributed by atoms with van der Waals surface area (Å²) in [7, 11) is -3.50. The maximum atomic E-state index is 13.0. The molecule has 1 aromatic heterocycles. The number of nitrogens with one attached hydrogen (secondary N) is 1. The van der Waals surface area contributed by atoms with Crippen LogP contribution in [0.4, 0.5) is 0 Å². The Bertz CT molecular complexity index is 1200. The van der Waals surface area contributed by atoms with Gasteiger partial charge >= 0.3 is 0 Å². The molecule has 0 bridgehead atoms. The zero-order valence-electron chi connectivity index (χ0n) is 17.2. The van der Waals surface area contributed by atoms with Gasteiger partial charge in [0, 0.05) is 26.2 Å². The monoisotopic (exact) mass is 426 g/mol. The maximum absolute atomic E-state index is 13.0. The maximum Gasteiger partial charge on any atom is 0.258 e. The third kappa shape index (κ3) is 3.90. The molecule has 7 nitrogen and oxygen atoms in total. The number of aryl methyl sites for hydroxylation is 1. The molecule has 1 aliphatic heterocycles. The molecule has 158 valence electrons. The van der Waals surface area contributed by atoms with Crippen LogP contribution in [0.25, 0.3) is 10.9 Å². The lowest BCUT2D eigenvalue weighted by Crippen LogP contribution is -2.49. The third-order valence-corrected chi connectivity index (χ3v) is 7.73. The topological polar surface area (TPSA) is 86.4 Å². The van der Waals surface area contributed by atoms with Gasteiger partial charge in [-0.15, -0.1) is 0 Å². The average molecular weight is 427 g/mol. The highest BCUT2D eigenvalue weighted by molar-refractivity contribution is 7.89. The first-order valence-corrected chi connectivity index (χ1v) is 11.7. The van der Waals surface area contributed by atoms with Gasteiger partial charge in [-0.1, -0.05) is 31.2 Å². The minimum Gasteiger partial charge on any atom is -0.309 e. The molecule has 0 saturated carbocycles. The van der Waals surface area contributed by atoms with Gasteiger partial charge < -0.3 is 4.98 Å². The van der Waals surface area contributed by atoms with Crippen LogP contribution in [-0.2, 0) is 16.4 Å². The summed E-state index contributed by atoms with van der Waals surface area (Å²) >= 11 is 0. The quantitative estimate of drug-likeness (QED) is 0.678. The van der Waals surface area contributed by atoms with Crippen LogP contribution in [0.1, 0.15) is 31.3 Å². The fourth-order valence-corrected chi connectivity index (χ4v) is 5.27. The molecule has 0 unspecified atom stereocenters. The summed E-state index contributed by atoms with van der Waals surface area (Å²) in [5.74, 6) is 0.602. The number of hydrogen-bond acceptors (Lipinski definition) is 5. The zero-order valence-corrected chi connectivity index (χ0v) is 18.0. The standard InChI is InChI=1S/C22H26N4O3S/c1-3-17-8-10-18(11-9-17)30(28,29)26-14-12-25(13-15-26)16(2)21-23-20-7-5-4-6-19(20)22(27)24-21/h4-11,16H,3,12-15H2,1-2H3,(H,23,24,27)/t16-/m1/s1. The summed E-state index contributed by atoms with van der Waals surface area (Å²) < 4.78 is 27.5. The van der Waals surface area contributed by atoms with E-state index in [2.05, 4.69) is 14.9 Å². The lowest BCUT2D eigenvalue weighted by molar-refractivity contribution is 0.141. The van der Waals surface area contributed by atoms with Gasteiger partial charge in [-0.2, -0.15) is 4.31 Å². The molecule has 0 amide bonds. The van der Waals surface area contributed by atoms with E-state index in [9.17, 15) is 13.2 Å². The molecule has 1 fully saturated rings. The van der Waals surface area contributed by atoms with Crippen LogP contribution >= 0.6 is 0 Å². The number of piperazine rings is 1. The summed E-state index contributed by atoms with van der Waals surface area (Å²) in [6.07, 6.45) is 0.877. The van der Waals surface area contributed by atoms with Crippen molar-refractivity contribution in [1.82, 2.24) is 19.2 Å². The van der Waals surface area contributed by atoms with E-state index in [4.69, 9.17) is 0 Å². The van der Waals surface area contributed by atoms with Crippen LogP contribution in [0.3, 0.4) is 0 Å². The number of aromatic amines is 1. The number of rotatable bonds is 5. The van der Waals surface area contributed by atoms with Crippen LogP contribution < -0.4 is 5.56 Å². The smallest absolute Gasteiger partial charge is 0.258 e. The highest BCUT2D eigenvalue weighted by Gasteiger charge is 2.31. The number of hydrogen-bond donors (Lipinski definition) is 1. The molecule has 30 heavy (non-hydrogen) atoms. The van der Waals surface area contributed by atoms with Crippen LogP contribution in [0.15, 0.2) is 58.2 Å². The highest BCUT2D eigenvalue weighted by Crippen LogP contribution is 2.23. The molecule has 0 aliphatic carbocycles. The van der Waals surface area contributed by atoms with E-state index < -0.39 is 10.0 Å². The zero-order chi connectivity index (χ0) is 21.3. The number of fused-ring (bicyclic) bond motifs is 1. The molecule has 3 aromatic rings. The SMILES string of the molecule is CCc1ccc(S(=O)(=O)N2CCN([C@H](C)c3nc4ccccc4c(=O)[nH]3)CC2)cc1. The number of benzene rings is 2. The summed E-state index contributed by atoms with van der Waals surface area (Å²) in [6, 6.07) is 14.3. The molecular formula is C22H26N4O3S. The molecule has 1 saturated heterocycles. The van der Waals surface area contributed by atoms with Crippen LogP contribution in [0.2, 0.25) is 0 Å². The molecule has 1 aliphatic rings. The van der Waals surface area contributed by atoms with Crippen molar-refractivity contribution in [3.8, 4) is 0 Å². The Labute approximate surface area is 176 Å². The van der Waals surface area contributed by atoms with Gasteiger partial charge in [-0.25, -0.2) is 13.4 Å². The largest absolute Gasteiger partial charge is 0.309 e. The first kappa shape index (κ1) is 20.7. The minimum atomic E-state index is -3.50. The van der Waals surface area contributed by atoms with Gasteiger partial charge in [-0.3, -0.25) is 9.69 Å². The van der Waals surface area contributed by atoms with E-state index in [0.29, 0.717) is 47.8 Å². The van der Waals surface area contributed by atoms with Gasteiger partial charge in [0.2, 0.25) is 10.0 Å². The summed E-state index contributed by atoms with van der Waals surface area (Å²) in [6.45, 7) is 5.98. The van der Waals surface area contributed by atoms with E-state index in [-0.39, 0.29) is 11.6 Å². The van der Waals surface area contributed by atoms with Gasteiger partial charge in [0.1, 0.15) is 5.82 Å². The van der Waals surface area contributed by atoms with Crippen molar-refractivity contribution in [2.45, 2.75) is 31.2 Å². The Morgan fingerprint density at radius 1 is 1.03 bits per heavy atom. The van der Waals surface area contributed by atoms with E-state index in [1.807, 2.05) is 44.2 Å². The molecule has 0 spiro atoms. The lowest BCUT2D eigenvalue weighted by Gasteiger charge is -2.37. The fourth-order valence-electron chi connectivity index (χ4n) is 3.85. The number of H-pyrrole nitrogens is 1. The molecule has 4 rings (SSSR count). The van der Waals surface area contributed by atoms with Crippen LogP contribution in [-0.4, -0.2) is 53.8 Å². The molecule has 2 heterocycles. The van der Waals surface area contributed by atoms with Crippen molar-refractivity contribution in [1.29, 1.82) is 0 Å². The average Bonchev–Trinajstić information content (AvgIpc) is 2.78. The Hall–Kier alpha value is -2.55. The second-order valence-corrected chi connectivity index (χ2v) is 9.52. The molecular weight excluding hydrogens is 400 g/mol. The van der Waals surface area contributed by atoms with E-state index in [1.54, 1.807) is 18.2 Å². The van der Waals surface area contributed by atoms with Crippen molar-refractivity contribution in [2.75, 3.05) is 26.2 Å². The van der Waals surface area contributed by atoms with E-state index in [1.165, 1.54) is 4.31 Å². The second kappa shape index (κ2) is 8.29. The normalized spacial score (nSPS) is 17.3. The molecule has 1 N–H and O–H groups in total. The first-order chi connectivity index (χ1) is 14.4. The van der Waals surface area contributed by atoms with Crippen molar-refractivity contribution < 1.29 is 8.42 Å². The van der Waals surface area contributed by atoms with Gasteiger partial charge in [0.05, 0.1) is 21.8 Å². The fraction of sp³-hybridized carbons (Fsp3) is 0.364. The number of para-hydroxylation sites is 1. The predicted octanol–water partition coefficient (Wildman–Crippen LogP) is 2.55. The second-order valence-electron chi connectivity index (χ2n) is 7.58. The Kier molecular flexibility index (Phi) is 5.73. The highest BCUT2D eigenvalue weighted by atomic mass is 32.2. The Morgan fingerprint density at radius 2 is 1.70 bits per heavy atom. The Morgan fingerprint density at radius 3 is 2.37 bits per heavy atom. The summed E-state index contributed by atoms with van der Waals surface area (Å²) in [5.41, 5.74) is 1.63. The molecule has 8 heteroatoms. The van der Waals surface area contributed by atoms with Crippen LogP contribution in [0.5, 0.6) is 0 Å². The number of nitrogens with zero attached hydrogens (tertiary/aromatic N) is 3. The molecule has 1 atom stereocenters. The first-order valence-electron chi connectivity index (χ1n) is 10.2. The van der Waals surface area contributed by atoms with Gasteiger partial charge in [0.25, 0.3) is 5.56 Å². The van der Waals surface area contributed by atoms with Gasteiger partial charge in [0.15, 0.2) is 0 Å². The lowest BCUT2D eigenvalue weighted by atomic mass is 10.2. The predicted molar refractivity (Wildman–Crippen MR) is 117 cm³/mol. The minimum absolute atomic E-state index is 0.115. The number of sulfonamides is 1. The number of aromatic nitrogens is 2. The molecule has 2 aromatic carbocycles. The van der Waals surface area contributed by atoms with E-state index in [0.717, 1.165) is 12.0 Å². The van der Waals surface area contributed by atoms with Crippen molar-refractivity contribution >= 4 is 20.9 Å². The van der Waals surface area contributed by atoms with E-state index >= 15 is 0 Å². The molecule has 0 radical (unpaired) electrons. The van der Waals surface area contributed by atoms with Crippen LogP contribution in [0, 0.1) is 0 Å². The van der Waals surface area contributed by atoms with Crippen molar-refractivity contribution in [2.24, 2.45) is 0 Å². The third-order valence-electron chi connectivity index (χ3n) is 5.82. The van der Waals surface area contributed by atoms with Crippen molar-refractivity contribution in [3.63, 3.8) is 0 Å². The summed E-state index contributed by atoms with van der Waals surface area (Å²) in [5, 5.41) is 0.568. The summed E-state index contributed by atoms with van der Waals surface area (Å²) in [4.78, 5) is 22.4. The Balaban J connectivity index is 1.48. The van der Waals surface area contributed by atoms with Gasteiger partial charge in [-0.05, 0) is 43.2 Å².